The fourth-order valence-corrected chi connectivity index (χ4v) is 4.16. The van der Waals surface area contributed by atoms with Crippen LogP contribution in [-0.4, -0.2) is 36.8 Å². The second kappa shape index (κ2) is 6.89. The molecule has 0 bridgehead atoms. The first-order chi connectivity index (χ1) is 9.95. The number of sulfonamides is 1. The molecule has 2 rings (SSSR count). The van der Waals surface area contributed by atoms with Gasteiger partial charge in [-0.1, -0.05) is 19.8 Å². The number of rotatable bonds is 8. The summed E-state index contributed by atoms with van der Waals surface area (Å²) in [6, 6.07) is 0. The lowest BCUT2D eigenvalue weighted by molar-refractivity contribution is 0.427. The van der Waals surface area contributed by atoms with Crippen LogP contribution in [0.15, 0.2) is 17.3 Å². The Kier molecular flexibility index (Phi) is 5.40. The SMILES string of the molecule is CCCNCCn1cc(S(=O)(=O)NC2(C)CCCC2)cn1. The molecule has 7 heteroatoms. The highest BCUT2D eigenvalue weighted by Crippen LogP contribution is 2.30. The maximum Gasteiger partial charge on any atom is 0.244 e. The number of aromatic nitrogens is 2. The summed E-state index contributed by atoms with van der Waals surface area (Å²) in [5, 5.41) is 7.41. The minimum absolute atomic E-state index is 0.256. The predicted octanol–water partition coefficient (Wildman–Crippen LogP) is 1.49. The predicted molar refractivity (Wildman–Crippen MR) is 82.6 cm³/mol. The van der Waals surface area contributed by atoms with Crippen molar-refractivity contribution < 1.29 is 8.42 Å². The van der Waals surface area contributed by atoms with Gasteiger partial charge in [0.15, 0.2) is 0 Å². The molecule has 0 unspecified atom stereocenters. The summed E-state index contributed by atoms with van der Waals surface area (Å²) < 4.78 is 29.3. The van der Waals surface area contributed by atoms with Crippen molar-refractivity contribution in [3.05, 3.63) is 12.4 Å². The van der Waals surface area contributed by atoms with Crippen molar-refractivity contribution in [2.24, 2.45) is 0 Å². The second-order valence-electron chi connectivity index (χ2n) is 6.06. The number of nitrogens with one attached hydrogen (secondary N) is 2. The zero-order valence-electron chi connectivity index (χ0n) is 12.9. The molecule has 1 aromatic heterocycles. The zero-order chi connectivity index (χ0) is 15.3. The van der Waals surface area contributed by atoms with E-state index in [9.17, 15) is 8.42 Å². The molecule has 1 aliphatic carbocycles. The smallest absolute Gasteiger partial charge is 0.244 e. The normalized spacial score (nSPS) is 18.2. The molecule has 1 fully saturated rings. The van der Waals surface area contributed by atoms with E-state index in [-0.39, 0.29) is 10.4 Å². The number of nitrogens with zero attached hydrogens (tertiary/aromatic N) is 2. The van der Waals surface area contributed by atoms with Gasteiger partial charge >= 0.3 is 0 Å². The van der Waals surface area contributed by atoms with E-state index in [1.165, 1.54) is 6.20 Å². The Morgan fingerprint density at radius 1 is 1.33 bits per heavy atom. The van der Waals surface area contributed by atoms with Gasteiger partial charge < -0.3 is 5.32 Å². The largest absolute Gasteiger partial charge is 0.315 e. The topological polar surface area (TPSA) is 76.0 Å². The molecule has 0 aliphatic heterocycles. The van der Waals surface area contributed by atoms with Crippen LogP contribution in [0.25, 0.3) is 0 Å². The molecular formula is C14H26N4O2S. The molecule has 21 heavy (non-hydrogen) atoms. The van der Waals surface area contributed by atoms with Crippen LogP contribution in [0.1, 0.15) is 46.0 Å². The third-order valence-electron chi connectivity index (χ3n) is 3.95. The quantitative estimate of drug-likeness (QED) is 0.713. The monoisotopic (exact) mass is 314 g/mol. The van der Waals surface area contributed by atoms with Crippen molar-refractivity contribution in [2.75, 3.05) is 13.1 Å². The van der Waals surface area contributed by atoms with E-state index in [4.69, 9.17) is 0 Å². The molecule has 2 N–H and O–H groups in total. The van der Waals surface area contributed by atoms with Crippen molar-refractivity contribution in [1.29, 1.82) is 0 Å². The highest BCUT2D eigenvalue weighted by molar-refractivity contribution is 7.89. The maximum absolute atomic E-state index is 12.4. The summed E-state index contributed by atoms with van der Waals surface area (Å²) in [6.07, 6.45) is 8.10. The van der Waals surface area contributed by atoms with Gasteiger partial charge in [-0.15, -0.1) is 0 Å². The Balaban J connectivity index is 1.95. The third kappa shape index (κ3) is 4.52. The summed E-state index contributed by atoms with van der Waals surface area (Å²) in [5.74, 6) is 0. The van der Waals surface area contributed by atoms with Gasteiger partial charge in [-0.2, -0.15) is 5.10 Å². The molecular weight excluding hydrogens is 288 g/mol. The van der Waals surface area contributed by atoms with E-state index < -0.39 is 10.0 Å². The Morgan fingerprint density at radius 2 is 2.05 bits per heavy atom. The molecule has 0 saturated heterocycles. The maximum atomic E-state index is 12.4. The Labute approximate surface area is 127 Å². The lowest BCUT2D eigenvalue weighted by Gasteiger charge is -2.24. The molecule has 0 atom stereocenters. The van der Waals surface area contributed by atoms with E-state index in [0.29, 0.717) is 6.54 Å². The van der Waals surface area contributed by atoms with Crippen LogP contribution < -0.4 is 10.0 Å². The van der Waals surface area contributed by atoms with Crippen molar-refractivity contribution in [2.45, 2.75) is 62.9 Å². The first kappa shape index (κ1) is 16.5. The summed E-state index contributed by atoms with van der Waals surface area (Å²) >= 11 is 0. The van der Waals surface area contributed by atoms with E-state index in [1.54, 1.807) is 10.9 Å². The van der Waals surface area contributed by atoms with Crippen LogP contribution in [0.5, 0.6) is 0 Å². The Bertz CT molecular complexity index is 547. The Hall–Kier alpha value is -0.920. The van der Waals surface area contributed by atoms with Gasteiger partial charge in [-0.05, 0) is 32.7 Å². The number of hydrogen-bond acceptors (Lipinski definition) is 4. The van der Waals surface area contributed by atoms with Crippen LogP contribution in [0.3, 0.4) is 0 Å². The molecule has 120 valence electrons. The van der Waals surface area contributed by atoms with Crippen LogP contribution in [0, 0.1) is 0 Å². The van der Waals surface area contributed by atoms with Crippen LogP contribution >= 0.6 is 0 Å². The van der Waals surface area contributed by atoms with Gasteiger partial charge in [0.1, 0.15) is 4.90 Å². The van der Waals surface area contributed by atoms with E-state index >= 15 is 0 Å². The van der Waals surface area contributed by atoms with Crippen molar-refractivity contribution >= 4 is 10.0 Å². The highest BCUT2D eigenvalue weighted by Gasteiger charge is 2.33. The lowest BCUT2D eigenvalue weighted by Crippen LogP contribution is -2.43. The first-order valence-electron chi connectivity index (χ1n) is 7.72. The summed E-state index contributed by atoms with van der Waals surface area (Å²) in [5.41, 5.74) is -0.302. The van der Waals surface area contributed by atoms with Gasteiger partial charge in [0.05, 0.1) is 12.7 Å². The van der Waals surface area contributed by atoms with Crippen molar-refractivity contribution in [1.82, 2.24) is 19.8 Å². The summed E-state index contributed by atoms with van der Waals surface area (Å²) in [4.78, 5) is 0.256. The first-order valence-corrected chi connectivity index (χ1v) is 9.21. The average Bonchev–Trinajstić information content (AvgIpc) is 3.04. The summed E-state index contributed by atoms with van der Waals surface area (Å²) in [7, 11) is -3.47. The second-order valence-corrected chi connectivity index (χ2v) is 7.74. The zero-order valence-corrected chi connectivity index (χ0v) is 13.7. The minimum Gasteiger partial charge on any atom is -0.315 e. The minimum atomic E-state index is -3.47. The average molecular weight is 314 g/mol. The molecule has 1 saturated carbocycles. The fraction of sp³-hybridized carbons (Fsp3) is 0.786. The summed E-state index contributed by atoms with van der Waals surface area (Å²) in [6.45, 7) is 6.52. The Morgan fingerprint density at radius 3 is 2.71 bits per heavy atom. The molecule has 1 aromatic rings. The number of hydrogen-bond donors (Lipinski definition) is 2. The molecule has 0 aromatic carbocycles. The van der Waals surface area contributed by atoms with Gasteiger partial charge in [0.25, 0.3) is 0 Å². The van der Waals surface area contributed by atoms with Crippen LogP contribution in [-0.2, 0) is 16.6 Å². The van der Waals surface area contributed by atoms with Crippen LogP contribution in [0.4, 0.5) is 0 Å². The van der Waals surface area contributed by atoms with Gasteiger partial charge in [-0.3, -0.25) is 4.68 Å². The van der Waals surface area contributed by atoms with Gasteiger partial charge in [-0.25, -0.2) is 13.1 Å². The van der Waals surface area contributed by atoms with E-state index in [0.717, 1.165) is 45.2 Å². The van der Waals surface area contributed by atoms with E-state index in [2.05, 4.69) is 22.1 Å². The molecule has 0 amide bonds. The molecule has 6 nitrogen and oxygen atoms in total. The van der Waals surface area contributed by atoms with Gasteiger partial charge in [0.2, 0.25) is 10.0 Å². The standard InChI is InChI=1S/C14H26N4O2S/c1-3-8-15-9-10-18-12-13(11-16-18)21(19,20)17-14(2)6-4-5-7-14/h11-12,15,17H,3-10H2,1-2H3. The molecule has 1 aliphatic rings. The van der Waals surface area contributed by atoms with Crippen molar-refractivity contribution in [3.8, 4) is 0 Å². The third-order valence-corrected chi connectivity index (χ3v) is 5.55. The molecule has 0 radical (unpaired) electrons. The van der Waals surface area contributed by atoms with Crippen molar-refractivity contribution in [3.63, 3.8) is 0 Å². The highest BCUT2D eigenvalue weighted by atomic mass is 32.2. The van der Waals surface area contributed by atoms with Crippen LogP contribution in [0.2, 0.25) is 0 Å². The molecule has 0 spiro atoms. The fourth-order valence-electron chi connectivity index (χ4n) is 2.74. The molecule has 1 heterocycles. The van der Waals surface area contributed by atoms with Gasteiger partial charge in [0, 0.05) is 18.3 Å². The van der Waals surface area contributed by atoms with E-state index in [1.807, 2.05) is 6.92 Å². The lowest BCUT2D eigenvalue weighted by atomic mass is 10.0.